The van der Waals surface area contributed by atoms with Gasteiger partial charge in [0.05, 0.1) is 0 Å². The summed E-state index contributed by atoms with van der Waals surface area (Å²) in [4.78, 5) is 20.5. The van der Waals surface area contributed by atoms with Crippen molar-refractivity contribution in [1.82, 2.24) is 8.94 Å². The maximum Gasteiger partial charge on any atom is 0.338 e. The Morgan fingerprint density at radius 3 is 1.48 bits per heavy atom. The third-order valence-electron chi connectivity index (χ3n) is 3.31. The molecule has 4 nitrogen and oxygen atoms in total. The van der Waals surface area contributed by atoms with Gasteiger partial charge in [0.15, 0.2) is 0 Å². The Morgan fingerprint density at radius 2 is 1.34 bits per heavy atom. The third-order valence-corrected chi connectivity index (χ3v) is 4.03. The largest absolute Gasteiger partial charge is 0.338 e. The predicted molar refractivity (Wildman–Crippen MR) is 127 cm³/mol. The van der Waals surface area contributed by atoms with E-state index in [1.165, 1.54) is 23.7 Å². The van der Waals surface area contributed by atoms with Crippen LogP contribution in [-0.2, 0) is 7.05 Å². The zero-order valence-corrected chi connectivity index (χ0v) is 19.0. The number of allylic oxidation sites excluding steroid dienone is 4. The highest BCUT2D eigenvalue weighted by atomic mass is 32.1. The van der Waals surface area contributed by atoms with Gasteiger partial charge in [-0.2, -0.15) is 0 Å². The first-order valence-electron chi connectivity index (χ1n) is 9.31. The lowest BCUT2D eigenvalue weighted by Crippen LogP contribution is -2.21. The molecule has 0 atom stereocenters. The summed E-state index contributed by atoms with van der Waals surface area (Å²) in [6.07, 6.45) is 6.14. The number of hydrogen-bond acceptors (Lipinski definition) is 3. The molecule has 0 aliphatic carbocycles. The number of nitrogens with zero attached hydrogens (tertiary/aromatic N) is 1. The molecular formula is C24H32N2O2S. The Labute approximate surface area is 178 Å². The summed E-state index contributed by atoms with van der Waals surface area (Å²) in [5.41, 5.74) is 3.64. The first kappa shape index (κ1) is 26.1. The van der Waals surface area contributed by atoms with Gasteiger partial charge in [0.25, 0.3) is 0 Å². The molecule has 0 amide bonds. The molecular weight excluding hydrogens is 380 g/mol. The van der Waals surface area contributed by atoms with Gasteiger partial charge >= 0.3 is 10.6 Å². The van der Waals surface area contributed by atoms with Gasteiger partial charge in [0, 0.05) is 18.6 Å². The van der Waals surface area contributed by atoms with E-state index in [2.05, 4.69) is 62.4 Å². The van der Waals surface area contributed by atoms with E-state index in [4.69, 9.17) is 0 Å². The summed E-state index contributed by atoms with van der Waals surface area (Å²) in [5.74, 6) is 0. The SMILES string of the molecule is C/C=C\C=C(C)C.Cc1ccccc1.Cc1ccccc1.Cn1c(=O)[nH]sc1=O. The minimum atomic E-state index is -0.347. The normalized spacial score (nSPS) is 9.17. The molecule has 0 aliphatic rings. The number of aromatic nitrogens is 2. The van der Waals surface area contributed by atoms with Crippen LogP contribution < -0.4 is 10.6 Å². The zero-order valence-electron chi connectivity index (χ0n) is 18.2. The van der Waals surface area contributed by atoms with Gasteiger partial charge in [-0.3, -0.25) is 13.7 Å². The molecule has 0 bridgehead atoms. The van der Waals surface area contributed by atoms with Crippen molar-refractivity contribution in [2.45, 2.75) is 34.6 Å². The van der Waals surface area contributed by atoms with Gasteiger partial charge in [-0.15, -0.1) is 0 Å². The smallest absolute Gasteiger partial charge is 0.258 e. The number of rotatable bonds is 1. The van der Waals surface area contributed by atoms with Gasteiger partial charge < -0.3 is 0 Å². The number of nitrogens with one attached hydrogen (secondary N) is 1. The summed E-state index contributed by atoms with van der Waals surface area (Å²) >= 11 is 0.801. The molecule has 1 aromatic heterocycles. The molecule has 0 aliphatic heterocycles. The van der Waals surface area contributed by atoms with Crippen molar-refractivity contribution in [3.8, 4) is 0 Å². The van der Waals surface area contributed by atoms with Gasteiger partial charge in [0.2, 0.25) is 0 Å². The van der Waals surface area contributed by atoms with Crippen molar-refractivity contribution in [1.29, 1.82) is 0 Å². The lowest BCUT2D eigenvalue weighted by Gasteiger charge is -1.82. The molecule has 1 heterocycles. The Bertz CT molecular complexity index is 881. The van der Waals surface area contributed by atoms with Crippen molar-refractivity contribution in [2.24, 2.45) is 7.05 Å². The second kappa shape index (κ2) is 16.1. The summed E-state index contributed by atoms with van der Waals surface area (Å²) in [7, 11) is 1.43. The van der Waals surface area contributed by atoms with E-state index in [0.29, 0.717) is 0 Å². The second-order valence-corrected chi connectivity index (χ2v) is 7.17. The number of hydrogen-bond donors (Lipinski definition) is 1. The van der Waals surface area contributed by atoms with Crippen molar-refractivity contribution in [3.63, 3.8) is 0 Å². The quantitative estimate of drug-likeness (QED) is 0.525. The van der Waals surface area contributed by atoms with E-state index in [1.807, 2.05) is 55.5 Å². The fraction of sp³-hybridized carbons (Fsp3) is 0.250. The molecule has 0 fully saturated rings. The second-order valence-electron chi connectivity index (χ2n) is 6.41. The third kappa shape index (κ3) is 14.8. The molecule has 0 spiro atoms. The van der Waals surface area contributed by atoms with Gasteiger partial charge in [-0.05, 0) is 34.6 Å². The van der Waals surface area contributed by atoms with Crippen LogP contribution in [0.3, 0.4) is 0 Å². The topological polar surface area (TPSA) is 54.9 Å². The predicted octanol–water partition coefficient (Wildman–Crippen LogP) is 5.65. The maximum absolute atomic E-state index is 10.4. The number of benzene rings is 2. The van der Waals surface area contributed by atoms with Crippen molar-refractivity contribution in [2.75, 3.05) is 0 Å². The average molecular weight is 413 g/mol. The Kier molecular flexibility index (Phi) is 14.5. The number of H-pyrrole nitrogens is 1. The van der Waals surface area contributed by atoms with Crippen LogP contribution >= 0.6 is 11.5 Å². The van der Waals surface area contributed by atoms with E-state index in [-0.39, 0.29) is 10.6 Å². The van der Waals surface area contributed by atoms with E-state index >= 15 is 0 Å². The van der Waals surface area contributed by atoms with Gasteiger partial charge in [0.1, 0.15) is 0 Å². The molecule has 0 saturated heterocycles. The number of aryl methyl sites for hydroxylation is 2. The minimum Gasteiger partial charge on any atom is -0.258 e. The van der Waals surface area contributed by atoms with Crippen LogP contribution in [0, 0.1) is 13.8 Å². The highest BCUT2D eigenvalue weighted by Crippen LogP contribution is 1.92. The Balaban J connectivity index is 0.000000361. The molecule has 0 radical (unpaired) electrons. The summed E-state index contributed by atoms with van der Waals surface area (Å²) in [6.45, 7) is 10.3. The molecule has 3 aromatic rings. The Hall–Kier alpha value is -2.92. The summed E-state index contributed by atoms with van der Waals surface area (Å²) in [5, 5.41) is 0. The fourth-order valence-corrected chi connectivity index (χ4v) is 2.20. The Morgan fingerprint density at radius 1 is 0.897 bits per heavy atom. The van der Waals surface area contributed by atoms with Gasteiger partial charge in [-0.1, -0.05) is 95.6 Å². The van der Waals surface area contributed by atoms with Crippen LogP contribution in [0.4, 0.5) is 0 Å². The summed E-state index contributed by atoms with van der Waals surface area (Å²) < 4.78 is 3.29. The van der Waals surface area contributed by atoms with E-state index < -0.39 is 0 Å². The maximum atomic E-state index is 10.4. The molecule has 1 N–H and O–H groups in total. The standard InChI is InChI=1S/2C7H8.C7H12.C3H4N2O2S/c2*1-7-5-3-2-4-6-7;1-4-5-6-7(2)3;1-5-2(6)4-8-3(5)7/h2*2-6H,1H3;4-6H,1-3H3;1H3,(H,4,6)/b;;5-4-;. The average Bonchev–Trinajstić information content (AvgIpc) is 3.00. The highest BCUT2D eigenvalue weighted by molar-refractivity contribution is 7.02. The van der Waals surface area contributed by atoms with Crippen molar-refractivity contribution in [3.05, 3.63) is 116 Å². The molecule has 5 heteroatoms. The van der Waals surface area contributed by atoms with E-state index in [0.717, 1.165) is 16.1 Å². The number of aromatic amines is 1. The highest BCUT2D eigenvalue weighted by Gasteiger charge is 1.92. The van der Waals surface area contributed by atoms with E-state index in [9.17, 15) is 9.59 Å². The molecule has 0 unspecified atom stereocenters. The molecule has 29 heavy (non-hydrogen) atoms. The summed E-state index contributed by atoms with van der Waals surface area (Å²) in [6, 6.07) is 20.5. The van der Waals surface area contributed by atoms with Crippen LogP contribution in [0.25, 0.3) is 0 Å². The van der Waals surface area contributed by atoms with Crippen LogP contribution in [0.1, 0.15) is 31.9 Å². The first-order chi connectivity index (χ1) is 13.8. The fourth-order valence-electron chi connectivity index (χ4n) is 1.66. The molecule has 156 valence electrons. The molecule has 0 saturated carbocycles. The van der Waals surface area contributed by atoms with Crippen molar-refractivity contribution < 1.29 is 0 Å². The van der Waals surface area contributed by atoms with E-state index in [1.54, 1.807) is 0 Å². The zero-order chi connectivity index (χ0) is 22.1. The van der Waals surface area contributed by atoms with Crippen LogP contribution in [0.2, 0.25) is 0 Å². The first-order valence-corrected chi connectivity index (χ1v) is 10.1. The van der Waals surface area contributed by atoms with Crippen LogP contribution in [-0.4, -0.2) is 8.94 Å². The van der Waals surface area contributed by atoms with Crippen LogP contribution in [0.15, 0.2) is 94.1 Å². The monoisotopic (exact) mass is 412 g/mol. The lowest BCUT2D eigenvalue weighted by molar-refractivity contribution is 0.833. The minimum absolute atomic E-state index is 0.255. The molecule has 3 rings (SSSR count). The lowest BCUT2D eigenvalue weighted by atomic mass is 10.2. The van der Waals surface area contributed by atoms with Crippen molar-refractivity contribution >= 4 is 11.5 Å². The van der Waals surface area contributed by atoms with Gasteiger partial charge in [-0.25, -0.2) is 4.79 Å². The molecule has 2 aromatic carbocycles. The van der Waals surface area contributed by atoms with Crippen LogP contribution in [0.5, 0.6) is 0 Å².